The van der Waals surface area contributed by atoms with Crippen LogP contribution in [0.5, 0.6) is 5.75 Å². The molecular weight excluding hydrogens is 218 g/mol. The average molecular weight is 235 g/mol. The molecule has 0 saturated carbocycles. The smallest absolute Gasteiger partial charge is 0.260 e. The van der Waals surface area contributed by atoms with Crippen LogP contribution >= 0.6 is 0 Å². The summed E-state index contributed by atoms with van der Waals surface area (Å²) < 4.78 is 5.50. The van der Waals surface area contributed by atoms with Gasteiger partial charge < -0.3 is 14.7 Å². The van der Waals surface area contributed by atoms with Crippen molar-refractivity contribution in [1.82, 2.24) is 4.90 Å². The highest BCUT2D eigenvalue weighted by Gasteiger charge is 2.28. The molecule has 0 radical (unpaired) electrons. The van der Waals surface area contributed by atoms with Gasteiger partial charge in [0.05, 0.1) is 6.10 Å². The number of carbonyl (C=O) groups is 1. The summed E-state index contributed by atoms with van der Waals surface area (Å²) in [6.07, 6.45) is -0.361. The average Bonchev–Trinajstić information content (AvgIpc) is 2.26. The van der Waals surface area contributed by atoms with Gasteiger partial charge in [-0.05, 0) is 31.0 Å². The van der Waals surface area contributed by atoms with E-state index in [0.29, 0.717) is 13.1 Å². The van der Waals surface area contributed by atoms with E-state index in [9.17, 15) is 4.79 Å². The van der Waals surface area contributed by atoms with E-state index in [-0.39, 0.29) is 18.6 Å². The van der Waals surface area contributed by atoms with Crippen LogP contribution in [0.4, 0.5) is 0 Å². The van der Waals surface area contributed by atoms with Gasteiger partial charge in [-0.15, -0.1) is 0 Å². The minimum atomic E-state index is -0.361. The van der Waals surface area contributed by atoms with Crippen molar-refractivity contribution < 1.29 is 14.6 Å². The molecule has 1 aromatic carbocycles. The monoisotopic (exact) mass is 235 g/mol. The lowest BCUT2D eigenvalue weighted by molar-refractivity contribution is -0.143. The van der Waals surface area contributed by atoms with Gasteiger partial charge in [0, 0.05) is 13.1 Å². The highest BCUT2D eigenvalue weighted by molar-refractivity contribution is 5.78. The molecule has 0 atom stereocenters. The minimum Gasteiger partial charge on any atom is -0.483 e. The summed E-state index contributed by atoms with van der Waals surface area (Å²) in [5.74, 6) is 0.677. The zero-order valence-electron chi connectivity index (χ0n) is 10.1. The summed E-state index contributed by atoms with van der Waals surface area (Å²) in [6, 6.07) is 5.91. The fraction of sp³-hybridized carbons (Fsp3) is 0.462. The van der Waals surface area contributed by atoms with Crippen LogP contribution in [-0.2, 0) is 4.79 Å². The first-order chi connectivity index (χ1) is 8.06. The van der Waals surface area contributed by atoms with Crippen LogP contribution in [0.25, 0.3) is 0 Å². The van der Waals surface area contributed by atoms with Gasteiger partial charge in [-0.3, -0.25) is 4.79 Å². The molecule has 0 aromatic heterocycles. The van der Waals surface area contributed by atoms with Gasteiger partial charge in [-0.2, -0.15) is 0 Å². The third kappa shape index (κ3) is 2.77. The number of hydrogen-bond donors (Lipinski definition) is 1. The Morgan fingerprint density at radius 1 is 1.47 bits per heavy atom. The lowest BCUT2D eigenvalue weighted by Gasteiger charge is -2.35. The van der Waals surface area contributed by atoms with Crippen LogP contribution in [0.15, 0.2) is 18.2 Å². The van der Waals surface area contributed by atoms with E-state index in [2.05, 4.69) is 0 Å². The molecule has 1 saturated heterocycles. The van der Waals surface area contributed by atoms with Crippen molar-refractivity contribution in [2.24, 2.45) is 0 Å². The maximum atomic E-state index is 11.6. The van der Waals surface area contributed by atoms with Crippen LogP contribution in [0.2, 0.25) is 0 Å². The van der Waals surface area contributed by atoms with E-state index >= 15 is 0 Å². The fourth-order valence-corrected chi connectivity index (χ4v) is 1.75. The zero-order valence-corrected chi connectivity index (χ0v) is 10.1. The SMILES string of the molecule is Cc1ccc(C)c(OCC(=O)N2CC(O)C2)c1. The number of benzene rings is 1. The molecule has 1 aromatic rings. The van der Waals surface area contributed by atoms with E-state index in [4.69, 9.17) is 9.84 Å². The number of likely N-dealkylation sites (tertiary alicyclic amines) is 1. The van der Waals surface area contributed by atoms with Crippen LogP contribution in [0.3, 0.4) is 0 Å². The van der Waals surface area contributed by atoms with Crippen molar-refractivity contribution in [2.75, 3.05) is 19.7 Å². The molecule has 1 fully saturated rings. The summed E-state index contributed by atoms with van der Waals surface area (Å²) in [5, 5.41) is 9.10. The number of amides is 1. The van der Waals surface area contributed by atoms with Gasteiger partial charge in [0.2, 0.25) is 0 Å². The van der Waals surface area contributed by atoms with Gasteiger partial charge in [-0.1, -0.05) is 12.1 Å². The standard InChI is InChI=1S/C13H17NO3/c1-9-3-4-10(2)12(5-9)17-8-13(16)14-6-11(15)7-14/h3-5,11,15H,6-8H2,1-2H3. The summed E-state index contributed by atoms with van der Waals surface area (Å²) in [5.41, 5.74) is 2.13. The Kier molecular flexibility index (Phi) is 3.33. The van der Waals surface area contributed by atoms with Crippen LogP contribution in [0, 0.1) is 13.8 Å². The number of β-amino-alcohol motifs (C(OH)–C–C–N with tert-alkyl or cyclic N) is 1. The fourth-order valence-electron chi connectivity index (χ4n) is 1.75. The number of rotatable bonds is 3. The number of hydrogen-bond acceptors (Lipinski definition) is 3. The number of carbonyl (C=O) groups excluding carboxylic acids is 1. The highest BCUT2D eigenvalue weighted by Crippen LogP contribution is 2.19. The Bertz CT molecular complexity index is 425. The molecule has 0 aliphatic carbocycles. The van der Waals surface area contributed by atoms with Gasteiger partial charge in [0.15, 0.2) is 6.61 Å². The van der Waals surface area contributed by atoms with Gasteiger partial charge in [0.25, 0.3) is 5.91 Å². The maximum Gasteiger partial charge on any atom is 0.260 e. The molecule has 0 bridgehead atoms. The number of aliphatic hydroxyl groups is 1. The molecule has 1 amide bonds. The Labute approximate surface area is 101 Å². The third-order valence-electron chi connectivity index (χ3n) is 2.91. The molecule has 1 aliphatic rings. The normalized spacial score (nSPS) is 15.6. The van der Waals surface area contributed by atoms with Crippen molar-refractivity contribution in [3.8, 4) is 5.75 Å². The predicted octanol–water partition coefficient (Wildman–Crippen LogP) is 0.885. The molecule has 4 heteroatoms. The molecule has 4 nitrogen and oxygen atoms in total. The number of aliphatic hydroxyl groups excluding tert-OH is 1. The third-order valence-corrected chi connectivity index (χ3v) is 2.91. The molecule has 17 heavy (non-hydrogen) atoms. The Hall–Kier alpha value is -1.55. The molecular formula is C13H17NO3. The van der Waals surface area contributed by atoms with Crippen molar-refractivity contribution >= 4 is 5.91 Å². The minimum absolute atomic E-state index is 0.0387. The topological polar surface area (TPSA) is 49.8 Å². The van der Waals surface area contributed by atoms with Gasteiger partial charge in [-0.25, -0.2) is 0 Å². The van der Waals surface area contributed by atoms with Crippen molar-refractivity contribution in [3.05, 3.63) is 29.3 Å². The van der Waals surface area contributed by atoms with E-state index in [1.807, 2.05) is 32.0 Å². The van der Waals surface area contributed by atoms with E-state index < -0.39 is 0 Å². The lowest BCUT2D eigenvalue weighted by atomic mass is 10.1. The van der Waals surface area contributed by atoms with E-state index in [0.717, 1.165) is 16.9 Å². The van der Waals surface area contributed by atoms with Gasteiger partial charge >= 0.3 is 0 Å². The van der Waals surface area contributed by atoms with E-state index in [1.165, 1.54) is 0 Å². The summed E-state index contributed by atoms with van der Waals surface area (Å²) in [4.78, 5) is 13.2. The van der Waals surface area contributed by atoms with Crippen LogP contribution in [-0.4, -0.2) is 41.7 Å². The maximum absolute atomic E-state index is 11.6. The second-order valence-electron chi connectivity index (χ2n) is 4.51. The van der Waals surface area contributed by atoms with Gasteiger partial charge in [0.1, 0.15) is 5.75 Å². The summed E-state index contributed by atoms with van der Waals surface area (Å²) in [7, 11) is 0. The largest absolute Gasteiger partial charge is 0.483 e. The number of ether oxygens (including phenoxy) is 1. The number of aryl methyl sites for hydroxylation is 2. The van der Waals surface area contributed by atoms with Crippen LogP contribution < -0.4 is 4.74 Å². The zero-order chi connectivity index (χ0) is 12.4. The predicted molar refractivity (Wildman–Crippen MR) is 64.0 cm³/mol. The van der Waals surface area contributed by atoms with Crippen molar-refractivity contribution in [2.45, 2.75) is 20.0 Å². The molecule has 1 aliphatic heterocycles. The molecule has 92 valence electrons. The Morgan fingerprint density at radius 2 is 2.18 bits per heavy atom. The second kappa shape index (κ2) is 4.75. The first-order valence-electron chi connectivity index (χ1n) is 5.72. The van der Waals surface area contributed by atoms with Crippen molar-refractivity contribution in [3.63, 3.8) is 0 Å². The Balaban J connectivity index is 1.89. The first kappa shape index (κ1) is 11.9. The molecule has 0 spiro atoms. The molecule has 1 heterocycles. The number of nitrogens with zero attached hydrogens (tertiary/aromatic N) is 1. The summed E-state index contributed by atoms with van der Waals surface area (Å²) in [6.45, 7) is 4.83. The highest BCUT2D eigenvalue weighted by atomic mass is 16.5. The van der Waals surface area contributed by atoms with Crippen molar-refractivity contribution in [1.29, 1.82) is 0 Å². The molecule has 0 unspecified atom stereocenters. The quantitative estimate of drug-likeness (QED) is 0.846. The molecule has 1 N–H and O–H groups in total. The lowest BCUT2D eigenvalue weighted by Crippen LogP contribution is -2.54. The van der Waals surface area contributed by atoms with Crippen LogP contribution in [0.1, 0.15) is 11.1 Å². The first-order valence-corrected chi connectivity index (χ1v) is 5.72. The second-order valence-corrected chi connectivity index (χ2v) is 4.51. The van der Waals surface area contributed by atoms with E-state index in [1.54, 1.807) is 4.90 Å². The Morgan fingerprint density at radius 3 is 2.82 bits per heavy atom. The summed E-state index contributed by atoms with van der Waals surface area (Å²) >= 11 is 0. The molecule has 2 rings (SSSR count).